The molecule has 1 unspecified atom stereocenters. The summed E-state index contributed by atoms with van der Waals surface area (Å²) in [5.41, 5.74) is 0.853. The molecule has 6 nitrogen and oxygen atoms in total. The van der Waals surface area contributed by atoms with E-state index in [2.05, 4.69) is 15.2 Å². The smallest absolute Gasteiger partial charge is 0.271 e. The van der Waals surface area contributed by atoms with E-state index in [-0.39, 0.29) is 17.4 Å². The van der Waals surface area contributed by atoms with Crippen molar-refractivity contribution in [3.8, 4) is 0 Å². The molecule has 108 valence electrons. The zero-order chi connectivity index (χ0) is 14.1. The van der Waals surface area contributed by atoms with Crippen molar-refractivity contribution >= 4 is 11.6 Å². The monoisotopic (exact) mass is 277 g/mol. The van der Waals surface area contributed by atoms with E-state index >= 15 is 0 Å². The van der Waals surface area contributed by atoms with Crippen molar-refractivity contribution in [1.82, 2.24) is 9.88 Å². The molecule has 2 aliphatic rings. The fourth-order valence-corrected chi connectivity index (χ4v) is 2.69. The third-order valence-electron chi connectivity index (χ3n) is 4.02. The molecule has 0 aromatic carbocycles. The Morgan fingerprint density at radius 2 is 2.25 bits per heavy atom. The van der Waals surface area contributed by atoms with Crippen LogP contribution in [0.5, 0.6) is 0 Å². The summed E-state index contributed by atoms with van der Waals surface area (Å²) in [5, 5.41) is 2.71. The van der Waals surface area contributed by atoms with Gasteiger partial charge < -0.3 is 15.0 Å². The lowest BCUT2D eigenvalue weighted by molar-refractivity contribution is -0.126. The van der Waals surface area contributed by atoms with Crippen molar-refractivity contribution in [2.45, 2.75) is 19.4 Å². The lowest BCUT2D eigenvalue weighted by Gasteiger charge is -2.41. The lowest BCUT2D eigenvalue weighted by atomic mass is 9.96. The molecule has 20 heavy (non-hydrogen) atoms. The minimum atomic E-state index is -0.251. The highest BCUT2D eigenvalue weighted by atomic mass is 16.5. The normalized spacial score (nSPS) is 23.6. The molecule has 0 bridgehead atoms. The van der Waals surface area contributed by atoms with E-state index < -0.39 is 0 Å². The summed E-state index contributed by atoms with van der Waals surface area (Å²) in [7, 11) is 0. The molecule has 2 N–H and O–H groups in total. The number of amides is 1. The second-order valence-corrected chi connectivity index (χ2v) is 5.54. The van der Waals surface area contributed by atoms with E-state index in [0.29, 0.717) is 11.7 Å². The summed E-state index contributed by atoms with van der Waals surface area (Å²) in [4.78, 5) is 28.7. The van der Waals surface area contributed by atoms with E-state index in [9.17, 15) is 9.59 Å². The zero-order valence-corrected chi connectivity index (χ0v) is 11.5. The number of anilines is 1. The number of likely N-dealkylation sites (tertiary alicyclic amines) is 1. The van der Waals surface area contributed by atoms with Crippen LogP contribution in [0.2, 0.25) is 0 Å². The van der Waals surface area contributed by atoms with Crippen LogP contribution in [-0.4, -0.2) is 48.1 Å². The first-order valence-corrected chi connectivity index (χ1v) is 6.96. The number of pyridine rings is 1. The van der Waals surface area contributed by atoms with Crippen molar-refractivity contribution in [2.75, 3.05) is 31.6 Å². The number of H-pyrrole nitrogens is 1. The van der Waals surface area contributed by atoms with Gasteiger partial charge in [-0.05, 0) is 25.5 Å². The molecule has 2 saturated heterocycles. The van der Waals surface area contributed by atoms with Crippen LogP contribution in [0.1, 0.15) is 12.1 Å². The highest BCUT2D eigenvalue weighted by Gasteiger charge is 2.38. The van der Waals surface area contributed by atoms with Crippen LogP contribution in [0.3, 0.4) is 0 Å². The van der Waals surface area contributed by atoms with Crippen LogP contribution in [0.25, 0.3) is 0 Å². The number of aromatic amines is 1. The maximum absolute atomic E-state index is 12.1. The van der Waals surface area contributed by atoms with Gasteiger partial charge in [0.15, 0.2) is 0 Å². The maximum atomic E-state index is 12.1. The molecule has 1 amide bonds. The van der Waals surface area contributed by atoms with Crippen LogP contribution >= 0.6 is 0 Å². The van der Waals surface area contributed by atoms with Gasteiger partial charge in [0.25, 0.3) is 5.56 Å². The highest BCUT2D eigenvalue weighted by Crippen LogP contribution is 2.24. The predicted molar refractivity (Wildman–Crippen MR) is 74.7 cm³/mol. The van der Waals surface area contributed by atoms with Gasteiger partial charge in [-0.15, -0.1) is 0 Å². The quantitative estimate of drug-likeness (QED) is 0.835. The third-order valence-corrected chi connectivity index (χ3v) is 4.02. The molecule has 1 aromatic heterocycles. The molecule has 2 aliphatic heterocycles. The van der Waals surface area contributed by atoms with Crippen molar-refractivity contribution in [3.63, 3.8) is 0 Å². The van der Waals surface area contributed by atoms with Gasteiger partial charge in [-0.25, -0.2) is 0 Å². The number of nitrogens with one attached hydrogen (secondary N) is 2. The van der Waals surface area contributed by atoms with E-state index in [4.69, 9.17) is 4.74 Å². The molecule has 3 rings (SSSR count). The first-order chi connectivity index (χ1) is 9.63. The maximum Gasteiger partial charge on any atom is 0.271 e. The van der Waals surface area contributed by atoms with Crippen LogP contribution < -0.4 is 10.9 Å². The van der Waals surface area contributed by atoms with Gasteiger partial charge in [-0.2, -0.15) is 0 Å². The lowest BCUT2D eigenvalue weighted by Crippen LogP contribution is -2.56. The molecule has 0 spiro atoms. The number of hydrogen-bond acceptors (Lipinski definition) is 4. The summed E-state index contributed by atoms with van der Waals surface area (Å²) in [6, 6.07) is 3.88. The fourth-order valence-electron chi connectivity index (χ4n) is 2.69. The topological polar surface area (TPSA) is 74.4 Å². The molecule has 0 radical (unpaired) electrons. The Labute approximate surface area is 117 Å². The number of carbonyl (C=O) groups is 1. The summed E-state index contributed by atoms with van der Waals surface area (Å²) < 4.78 is 5.34. The van der Waals surface area contributed by atoms with Crippen LogP contribution in [0.15, 0.2) is 16.9 Å². The van der Waals surface area contributed by atoms with Gasteiger partial charge in [-0.3, -0.25) is 14.5 Å². The molecule has 2 fully saturated rings. The largest absolute Gasteiger partial charge is 0.380 e. The Hall–Kier alpha value is -1.66. The van der Waals surface area contributed by atoms with Crippen molar-refractivity contribution in [1.29, 1.82) is 0 Å². The fraction of sp³-hybridized carbons (Fsp3) is 0.571. The average molecular weight is 277 g/mol. The summed E-state index contributed by atoms with van der Waals surface area (Å²) in [6.45, 7) is 4.90. The molecule has 0 aliphatic carbocycles. The van der Waals surface area contributed by atoms with Gasteiger partial charge in [0.05, 0.1) is 12.5 Å². The molecule has 6 heteroatoms. The average Bonchev–Trinajstić information content (AvgIpc) is 2.84. The number of aryl methyl sites for hydroxylation is 1. The Balaban J connectivity index is 1.54. The minimum absolute atomic E-state index is 0.0312. The van der Waals surface area contributed by atoms with Gasteiger partial charge in [-0.1, -0.05) is 0 Å². The summed E-state index contributed by atoms with van der Waals surface area (Å²) in [6.07, 6.45) is 1.05. The van der Waals surface area contributed by atoms with Crippen molar-refractivity contribution < 1.29 is 9.53 Å². The molecular weight excluding hydrogens is 258 g/mol. The molecule has 1 aromatic rings. The van der Waals surface area contributed by atoms with Gasteiger partial charge in [0, 0.05) is 31.4 Å². The number of rotatable bonds is 3. The Morgan fingerprint density at radius 3 is 2.90 bits per heavy atom. The molecular formula is C14H19N3O3. The number of nitrogens with zero attached hydrogens (tertiary/aromatic N) is 1. The van der Waals surface area contributed by atoms with Gasteiger partial charge in [0.1, 0.15) is 5.69 Å². The highest BCUT2D eigenvalue weighted by molar-refractivity contribution is 5.93. The number of carbonyl (C=O) groups excluding carboxylic acids is 1. The predicted octanol–water partition coefficient (Wildman–Crippen LogP) is 0.343. The van der Waals surface area contributed by atoms with Crippen molar-refractivity contribution in [3.05, 3.63) is 28.2 Å². The summed E-state index contributed by atoms with van der Waals surface area (Å²) in [5.74, 6) is -0.106. The first kappa shape index (κ1) is 13.3. The third kappa shape index (κ3) is 2.62. The van der Waals surface area contributed by atoms with Crippen LogP contribution in [0.4, 0.5) is 5.69 Å². The van der Waals surface area contributed by atoms with Crippen LogP contribution in [-0.2, 0) is 9.53 Å². The van der Waals surface area contributed by atoms with E-state index in [1.54, 1.807) is 19.1 Å². The standard InChI is InChI=1S/C14H19N3O3/c1-9-2-3-12(14(19)15-9)16-13(18)10-6-17(7-10)11-4-5-20-8-11/h2-3,10-11H,4-8H2,1H3,(H,15,19)(H,16,18). The Morgan fingerprint density at radius 1 is 1.45 bits per heavy atom. The van der Waals surface area contributed by atoms with Gasteiger partial charge >= 0.3 is 0 Å². The van der Waals surface area contributed by atoms with E-state index in [1.165, 1.54) is 0 Å². The van der Waals surface area contributed by atoms with Crippen molar-refractivity contribution in [2.24, 2.45) is 5.92 Å². The molecule has 1 atom stereocenters. The van der Waals surface area contributed by atoms with E-state index in [0.717, 1.165) is 38.4 Å². The van der Waals surface area contributed by atoms with Crippen LogP contribution in [0, 0.1) is 12.8 Å². The number of hydrogen-bond donors (Lipinski definition) is 2. The van der Waals surface area contributed by atoms with Gasteiger partial charge in [0.2, 0.25) is 5.91 Å². The second-order valence-electron chi connectivity index (χ2n) is 5.54. The SMILES string of the molecule is Cc1ccc(NC(=O)C2CN(C3CCOC3)C2)c(=O)[nH]1. The second kappa shape index (κ2) is 5.38. The Bertz CT molecular complexity index is 557. The Kier molecular flexibility index (Phi) is 3.58. The summed E-state index contributed by atoms with van der Waals surface area (Å²) >= 11 is 0. The first-order valence-electron chi connectivity index (χ1n) is 6.96. The van der Waals surface area contributed by atoms with E-state index in [1.807, 2.05) is 0 Å². The number of aromatic nitrogens is 1. The molecule has 3 heterocycles. The minimum Gasteiger partial charge on any atom is -0.380 e. The molecule has 0 saturated carbocycles. The zero-order valence-electron chi connectivity index (χ0n) is 11.5. The number of ether oxygens (including phenoxy) is 1.